The van der Waals surface area contributed by atoms with Gasteiger partial charge in [0.25, 0.3) is 23.1 Å². The third kappa shape index (κ3) is 24.1. The Balaban J connectivity index is 1.19. The molecule has 5 amide bonds. The minimum Gasteiger partial charge on any atom is -0.477 e. The summed E-state index contributed by atoms with van der Waals surface area (Å²) in [7, 11) is 0. The Bertz CT molecular complexity index is 3800. The first-order valence-corrected chi connectivity index (χ1v) is 40.3. The zero-order valence-electron chi connectivity index (χ0n) is 69.0. The van der Waals surface area contributed by atoms with Gasteiger partial charge in [0.15, 0.2) is 25.2 Å². The van der Waals surface area contributed by atoms with Gasteiger partial charge in [-0.15, -0.1) is 0 Å². The predicted molar refractivity (Wildman–Crippen MR) is 397 cm³/mol. The number of nitrogens with one attached hydrogen (secondary N) is 5. The molecule has 0 aromatic rings. The van der Waals surface area contributed by atoms with E-state index in [-0.39, 0.29) is 0 Å². The van der Waals surface area contributed by atoms with Gasteiger partial charge in [-0.05, 0) is 0 Å². The largest absolute Gasteiger partial charge is 0.477 e. The van der Waals surface area contributed by atoms with Crippen molar-refractivity contribution < 1.29 is 283 Å². The summed E-state index contributed by atoms with van der Waals surface area (Å²) >= 11 is 0. The Morgan fingerprint density at radius 1 is 0.326 bits per heavy atom. The van der Waals surface area contributed by atoms with Gasteiger partial charge >= 0.3 is 23.9 Å². The molecule has 0 unspecified atom stereocenters. The Labute approximate surface area is 740 Å². The van der Waals surface area contributed by atoms with Crippen molar-refractivity contribution in [2.24, 2.45) is 0 Å². The van der Waals surface area contributed by atoms with E-state index in [2.05, 4.69) is 5.32 Å². The van der Waals surface area contributed by atoms with Crippen LogP contribution in [0.25, 0.3) is 0 Å². The van der Waals surface area contributed by atoms with E-state index < -0.39 is 426 Å². The van der Waals surface area contributed by atoms with Crippen LogP contribution in [-0.4, -0.2) is 569 Å². The molecule has 0 radical (unpaired) electrons. The van der Waals surface area contributed by atoms with Gasteiger partial charge in [0.05, 0.1) is 101 Å². The number of carbonyl (C=O) groups is 9. The van der Waals surface area contributed by atoms with Gasteiger partial charge < -0.3 is 266 Å². The van der Waals surface area contributed by atoms with E-state index in [1.165, 1.54) is 0 Å². The van der Waals surface area contributed by atoms with Crippen LogP contribution in [0, 0.1) is 0 Å². The predicted octanol–water partition coefficient (Wildman–Crippen LogP) is -25.0. The molecule has 0 aromatic heterocycles. The number of ether oxygens (including phenoxy) is 15. The lowest BCUT2D eigenvalue weighted by Gasteiger charge is -2.53. The van der Waals surface area contributed by atoms with E-state index in [1.54, 1.807) is 0 Å². The number of amides is 5. The molecule has 8 heterocycles. The van der Waals surface area contributed by atoms with Crippen molar-refractivity contribution in [2.45, 2.75) is 300 Å². The normalized spacial score (nSPS) is 41.6. The summed E-state index contributed by atoms with van der Waals surface area (Å²) in [5, 5.41) is 374. The van der Waals surface area contributed by atoms with Gasteiger partial charge in [-0.3, -0.25) is 24.0 Å². The molecule has 8 rings (SSSR count). The average Bonchev–Trinajstić information content (AvgIpc) is 0.771. The number of aliphatic hydroxyl groups excluding tert-OH is 29. The number of carboxylic acids is 4. The van der Waals surface area contributed by atoms with Crippen LogP contribution in [-0.2, 0) is 114 Å². The van der Waals surface area contributed by atoms with E-state index in [0.29, 0.717) is 0 Å². The number of aliphatic carboxylic acids is 4. The zero-order chi connectivity index (χ0) is 98.7. The molecule has 0 aliphatic carbocycles. The standard InChI is InChI=1S/C70H113N5O57/c1-18(88)71-39-52(124-61-48(107)57(43(102)26(9-79)120-61)131-69(65(114)115)4-21(91)37(74-33(97)16-86)55(129-69)44(103)27(10-80)125-67(63(110)111)2-19(89)35(72-31(95)14-84)53(127-67)40(99)23(93)6-76)42(101)25(8-78)119-60(39)123-51-30(13-83)121-62(122-50-29(12-82)118-59(109)47(106)46(50)105)49(108)58(51)132-70(66(116)117)5-22(92)38(75-34(98)17-87)56(130-70)45(104)28(11-81)126-68(64(112)113)3-20(90)36(73-32(96)15-85)54(128-68)41(100)24(94)7-77/h19-30,35-62,76-87,89-94,99-109H,2-17H2,1H3,(H,71,88)(H,72,95)(H,73,96)(H,74,97)(H,75,98)(H,110,111)(H,112,113)(H,114,115)(H,116,117)/t19-,20-,21-,22-,23+,24+,25+,26+,27+,28+,29+,30+,35+,36+,37+,38+,39+,40+,41+,42-,43-,44+,45+,46+,47+,48+,49+,50+,51-,52+,53+,54+,55+,56+,57-,58+,59+,60-,61-,62-,67+,68+,69-,70-/m0/s1. The lowest BCUT2D eigenvalue weighted by molar-refractivity contribution is -0.405. The maximum Gasteiger partial charge on any atom is 0.364 e. The fourth-order valence-corrected chi connectivity index (χ4v) is 16.3. The molecule has 8 fully saturated rings. The molecule has 760 valence electrons. The summed E-state index contributed by atoms with van der Waals surface area (Å²) in [6.45, 7) is -16.8. The van der Waals surface area contributed by atoms with Gasteiger partial charge in [-0.1, -0.05) is 0 Å². The van der Waals surface area contributed by atoms with Crippen LogP contribution in [0.15, 0.2) is 0 Å². The van der Waals surface area contributed by atoms with Crippen molar-refractivity contribution in [1.29, 1.82) is 0 Å². The van der Waals surface area contributed by atoms with Gasteiger partial charge in [-0.25, -0.2) is 19.2 Å². The van der Waals surface area contributed by atoms with Gasteiger partial charge in [0.1, 0.15) is 197 Å². The monoisotopic (exact) mass is 1940 g/mol. The second kappa shape index (κ2) is 47.2. The van der Waals surface area contributed by atoms with Gasteiger partial charge in [-0.2, -0.15) is 0 Å². The second-order valence-electron chi connectivity index (χ2n) is 31.9. The highest BCUT2D eigenvalue weighted by atomic mass is 16.8. The smallest absolute Gasteiger partial charge is 0.364 e. The number of rotatable bonds is 43. The molecule has 0 bridgehead atoms. The summed E-state index contributed by atoms with van der Waals surface area (Å²) in [5.74, 6) is -31.5. The highest BCUT2D eigenvalue weighted by molar-refractivity contribution is 5.81. The Kier molecular flexibility index (Phi) is 39.6. The molecule has 132 heavy (non-hydrogen) atoms. The summed E-state index contributed by atoms with van der Waals surface area (Å²) < 4.78 is 87.0. The molecule has 0 aromatic carbocycles. The molecule has 44 atom stereocenters. The Morgan fingerprint density at radius 2 is 0.629 bits per heavy atom. The number of hydrogen-bond donors (Lipinski definition) is 38. The molecule has 38 N–H and O–H groups in total. The fourth-order valence-electron chi connectivity index (χ4n) is 16.3. The minimum absolute atomic E-state index is 0.724. The molecule has 8 saturated heterocycles. The van der Waals surface area contributed by atoms with Crippen LogP contribution in [0.2, 0.25) is 0 Å². The summed E-state index contributed by atoms with van der Waals surface area (Å²) in [4.78, 5) is 120. The number of carbonyl (C=O) groups excluding carboxylic acids is 5. The number of aliphatic hydroxyl groups is 29. The van der Waals surface area contributed by atoms with Crippen molar-refractivity contribution in [3.63, 3.8) is 0 Å². The van der Waals surface area contributed by atoms with Crippen molar-refractivity contribution in [3.05, 3.63) is 0 Å². The average molecular weight is 1940 g/mol. The number of carboxylic acid groups (broad SMARTS) is 4. The van der Waals surface area contributed by atoms with Crippen LogP contribution in [0.4, 0.5) is 0 Å². The van der Waals surface area contributed by atoms with E-state index in [4.69, 9.17) is 71.1 Å². The molecule has 0 spiro atoms. The zero-order valence-corrected chi connectivity index (χ0v) is 69.0. The van der Waals surface area contributed by atoms with Crippen LogP contribution < -0.4 is 26.6 Å². The molecular weight excluding hydrogens is 1820 g/mol. The summed E-state index contributed by atoms with van der Waals surface area (Å²) in [5.41, 5.74) is 0. The highest BCUT2D eigenvalue weighted by Crippen LogP contribution is 2.46. The number of hydrogen-bond acceptors (Lipinski definition) is 53. The van der Waals surface area contributed by atoms with Crippen LogP contribution in [0.3, 0.4) is 0 Å². The van der Waals surface area contributed by atoms with Crippen LogP contribution in [0.1, 0.15) is 32.6 Å². The Hall–Kier alpha value is -6.53. The molecular formula is C70H113N5O57. The van der Waals surface area contributed by atoms with Crippen molar-refractivity contribution in [2.75, 3.05) is 79.3 Å². The van der Waals surface area contributed by atoms with Crippen LogP contribution in [0.5, 0.6) is 0 Å². The topological polar surface area (TPSA) is 1020 Å². The van der Waals surface area contributed by atoms with E-state index in [0.717, 1.165) is 6.92 Å². The third-order valence-electron chi connectivity index (χ3n) is 23.0. The molecule has 62 nitrogen and oxygen atoms in total. The Morgan fingerprint density at radius 3 is 0.970 bits per heavy atom. The SMILES string of the molecule is CC(=O)N[C@H]1[C@H](O[C@@H]2[C@H](O[C@]3(C(=O)O)C[C@H](O)[C@@H](NC(=O)CO)[C@H]([C@H](O)[C@@H](CO)O[C@]4(C(=O)O)C[C@H](O)[C@@H](NC(=O)CO)[C@H]([C@H](O)[C@H](O)CO)O4)O3)[C@@H](O)[C@H](O[C@H]3[C@H](O)[C@@H](O)[C@H](O)O[C@@H]3CO)O[C@@H]2CO)O[C@H](CO)[C@H](O)[C@@H]1O[C@@H]1O[C@H](CO)[C@H](O)[C@H](O[C@]2(C(=O)O)C[C@H](O)[C@@H](NC(=O)CO)[C@H]([C@H](O)[C@@H](CO)O[C@]3(C(=O)O)C[C@H](O)[C@@H](NC(=O)CO)[C@H]([C@H](O)[C@H](O)CO)O3)O2)[C@H]1O. The quantitative estimate of drug-likeness (QED) is 0.0270. The van der Waals surface area contributed by atoms with Gasteiger partial charge in [0, 0.05) is 32.6 Å². The first-order valence-electron chi connectivity index (χ1n) is 40.3. The van der Waals surface area contributed by atoms with Gasteiger partial charge in [0.2, 0.25) is 29.5 Å². The fraction of sp³-hybridized carbons (Fsp3) is 0.871. The third-order valence-corrected chi connectivity index (χ3v) is 23.0. The van der Waals surface area contributed by atoms with E-state index in [1.807, 2.05) is 21.3 Å². The summed E-state index contributed by atoms with van der Waals surface area (Å²) in [6.07, 6.45) is -95.9. The van der Waals surface area contributed by atoms with Crippen LogP contribution >= 0.6 is 0 Å². The summed E-state index contributed by atoms with van der Waals surface area (Å²) in [6, 6.07) is -11.2. The maximum absolute atomic E-state index is 14.4. The first kappa shape index (κ1) is 111. The van der Waals surface area contributed by atoms with E-state index in [9.17, 15) is 212 Å². The minimum atomic E-state index is -3.92. The first-order chi connectivity index (χ1) is 62.0. The van der Waals surface area contributed by atoms with Crippen molar-refractivity contribution in [3.8, 4) is 0 Å². The lowest BCUT2D eigenvalue weighted by atomic mass is 9.87. The van der Waals surface area contributed by atoms with Crippen molar-refractivity contribution in [1.82, 2.24) is 26.6 Å². The highest BCUT2D eigenvalue weighted by Gasteiger charge is 2.67. The molecule has 8 aliphatic heterocycles. The molecule has 0 saturated carbocycles. The maximum atomic E-state index is 14.4. The van der Waals surface area contributed by atoms with E-state index >= 15 is 0 Å². The second-order valence-corrected chi connectivity index (χ2v) is 31.9. The van der Waals surface area contributed by atoms with Crippen molar-refractivity contribution >= 4 is 53.4 Å². The molecule has 8 aliphatic rings. The lowest BCUT2D eigenvalue weighted by Crippen LogP contribution is -2.73. The molecule has 62 heteroatoms.